The Hall–Kier alpha value is -2.83. The number of ketones is 1. The van der Waals surface area contributed by atoms with E-state index in [2.05, 4.69) is 10.1 Å². The average molecular weight is 323 g/mol. The number of hydrogen-bond acceptors (Lipinski definition) is 3. The van der Waals surface area contributed by atoms with Gasteiger partial charge in [0.15, 0.2) is 11.5 Å². The molecule has 1 amide bonds. The number of rotatable bonds is 4. The van der Waals surface area contributed by atoms with E-state index in [0.717, 1.165) is 6.07 Å². The van der Waals surface area contributed by atoms with Crippen molar-refractivity contribution in [1.29, 1.82) is 0 Å². The lowest BCUT2D eigenvalue weighted by molar-refractivity contribution is -0.274. The first-order valence-corrected chi connectivity index (χ1v) is 6.54. The number of alkyl halides is 3. The maximum Gasteiger partial charge on any atom is 0.573 e. The van der Waals surface area contributed by atoms with Gasteiger partial charge in [-0.3, -0.25) is 9.59 Å². The highest BCUT2D eigenvalue weighted by Crippen LogP contribution is 2.30. The van der Waals surface area contributed by atoms with Crippen molar-refractivity contribution >= 4 is 17.4 Å². The van der Waals surface area contributed by atoms with Crippen molar-refractivity contribution < 1.29 is 27.5 Å². The molecule has 2 rings (SSSR count). The second kappa shape index (κ2) is 6.51. The fourth-order valence-electron chi connectivity index (χ4n) is 1.96. The fraction of sp³-hybridized carbons (Fsp3) is 0.125. The minimum absolute atomic E-state index is 0.0711. The summed E-state index contributed by atoms with van der Waals surface area (Å²) in [6.45, 7) is 1.30. The number of ether oxygens (including phenoxy) is 1. The van der Waals surface area contributed by atoms with Crippen molar-refractivity contribution in [3.05, 3.63) is 59.7 Å². The molecule has 0 unspecified atom stereocenters. The average Bonchev–Trinajstić information content (AvgIpc) is 2.47. The summed E-state index contributed by atoms with van der Waals surface area (Å²) in [4.78, 5) is 23.8. The Labute approximate surface area is 129 Å². The van der Waals surface area contributed by atoms with E-state index in [4.69, 9.17) is 0 Å². The molecule has 120 valence electrons. The molecule has 23 heavy (non-hydrogen) atoms. The van der Waals surface area contributed by atoms with E-state index in [-0.39, 0.29) is 22.6 Å². The van der Waals surface area contributed by atoms with Crippen LogP contribution in [0.4, 0.5) is 18.9 Å². The van der Waals surface area contributed by atoms with Gasteiger partial charge in [0.05, 0.1) is 11.3 Å². The molecular weight excluding hydrogens is 311 g/mol. The smallest absolute Gasteiger partial charge is 0.404 e. The largest absolute Gasteiger partial charge is 0.573 e. The zero-order chi connectivity index (χ0) is 17.0. The molecule has 1 N–H and O–H groups in total. The lowest BCUT2D eigenvalue weighted by Gasteiger charge is -2.14. The van der Waals surface area contributed by atoms with Gasteiger partial charge in [-0.15, -0.1) is 13.2 Å². The maximum atomic E-state index is 12.4. The summed E-state index contributed by atoms with van der Waals surface area (Å²) in [6, 6.07) is 11.2. The summed E-state index contributed by atoms with van der Waals surface area (Å²) < 4.78 is 41.0. The van der Waals surface area contributed by atoms with E-state index in [9.17, 15) is 22.8 Å². The molecule has 0 heterocycles. The van der Waals surface area contributed by atoms with Crippen molar-refractivity contribution in [3.8, 4) is 5.75 Å². The Morgan fingerprint density at radius 2 is 1.52 bits per heavy atom. The highest BCUT2D eigenvalue weighted by atomic mass is 19.4. The van der Waals surface area contributed by atoms with Crippen molar-refractivity contribution in [2.24, 2.45) is 0 Å². The summed E-state index contributed by atoms with van der Waals surface area (Å²) in [5.41, 5.74) is 0.106. The first-order chi connectivity index (χ1) is 10.8. The highest BCUT2D eigenvalue weighted by molar-refractivity contribution is 6.12. The SMILES string of the molecule is CC(=O)c1ccccc1C(=O)Nc1ccccc1OC(F)(F)F. The molecule has 0 aliphatic heterocycles. The molecule has 0 aliphatic rings. The number of amides is 1. The standard InChI is InChI=1S/C16H12F3NO3/c1-10(21)11-6-2-3-7-12(11)15(22)20-13-8-4-5-9-14(13)23-16(17,18)19/h2-9H,1H3,(H,20,22). The van der Waals surface area contributed by atoms with E-state index in [1.165, 1.54) is 37.3 Å². The van der Waals surface area contributed by atoms with Gasteiger partial charge in [-0.1, -0.05) is 30.3 Å². The molecule has 0 aromatic heterocycles. The molecule has 0 radical (unpaired) electrons. The number of carbonyl (C=O) groups is 2. The molecule has 0 aliphatic carbocycles. The quantitative estimate of drug-likeness (QED) is 0.864. The van der Waals surface area contributed by atoms with Gasteiger partial charge in [-0.2, -0.15) is 0 Å². The molecule has 4 nitrogen and oxygen atoms in total. The molecule has 0 saturated heterocycles. The first kappa shape index (κ1) is 16.5. The van der Waals surface area contributed by atoms with Crippen LogP contribution in [0.5, 0.6) is 5.75 Å². The van der Waals surface area contributed by atoms with Gasteiger partial charge in [0, 0.05) is 5.56 Å². The fourth-order valence-corrected chi connectivity index (χ4v) is 1.96. The first-order valence-electron chi connectivity index (χ1n) is 6.54. The van der Waals surface area contributed by atoms with Gasteiger partial charge in [-0.05, 0) is 25.1 Å². The molecule has 7 heteroatoms. The molecule has 0 spiro atoms. The van der Waals surface area contributed by atoms with Crippen LogP contribution in [-0.2, 0) is 0 Å². The van der Waals surface area contributed by atoms with Crippen LogP contribution in [0, 0.1) is 0 Å². The topological polar surface area (TPSA) is 55.4 Å². The van der Waals surface area contributed by atoms with E-state index in [1.807, 2.05) is 0 Å². The highest BCUT2D eigenvalue weighted by Gasteiger charge is 2.32. The summed E-state index contributed by atoms with van der Waals surface area (Å²) in [6.07, 6.45) is -4.88. The van der Waals surface area contributed by atoms with Crippen molar-refractivity contribution in [2.75, 3.05) is 5.32 Å². The van der Waals surface area contributed by atoms with E-state index >= 15 is 0 Å². The molecule has 0 fully saturated rings. The maximum absolute atomic E-state index is 12.4. The van der Waals surface area contributed by atoms with Gasteiger partial charge in [0.2, 0.25) is 0 Å². The third-order valence-corrected chi connectivity index (χ3v) is 2.91. The molecular formula is C16H12F3NO3. The summed E-state index contributed by atoms with van der Waals surface area (Å²) in [5, 5.41) is 2.33. The van der Waals surface area contributed by atoms with Gasteiger partial charge in [0.25, 0.3) is 5.91 Å². The zero-order valence-corrected chi connectivity index (χ0v) is 12.0. The van der Waals surface area contributed by atoms with Gasteiger partial charge >= 0.3 is 6.36 Å². The minimum Gasteiger partial charge on any atom is -0.404 e. The third-order valence-electron chi connectivity index (χ3n) is 2.91. The molecule has 2 aromatic carbocycles. The van der Waals surface area contributed by atoms with Crippen LogP contribution in [0.15, 0.2) is 48.5 Å². The van der Waals surface area contributed by atoms with Gasteiger partial charge in [0.1, 0.15) is 0 Å². The number of hydrogen-bond donors (Lipinski definition) is 1. The molecule has 0 bridgehead atoms. The van der Waals surface area contributed by atoms with Crippen molar-refractivity contribution in [2.45, 2.75) is 13.3 Å². The van der Waals surface area contributed by atoms with Crippen LogP contribution in [0.25, 0.3) is 0 Å². The summed E-state index contributed by atoms with van der Waals surface area (Å²) in [7, 11) is 0. The normalized spacial score (nSPS) is 11.0. The number of anilines is 1. The molecule has 0 saturated carbocycles. The van der Waals surface area contributed by atoms with E-state index < -0.39 is 18.0 Å². The van der Waals surface area contributed by atoms with Crippen LogP contribution in [-0.4, -0.2) is 18.1 Å². The minimum atomic E-state index is -4.88. The molecule has 0 atom stereocenters. The van der Waals surface area contributed by atoms with Crippen LogP contribution >= 0.6 is 0 Å². The lowest BCUT2D eigenvalue weighted by Crippen LogP contribution is -2.20. The summed E-state index contributed by atoms with van der Waals surface area (Å²) in [5.74, 6) is -1.56. The van der Waals surface area contributed by atoms with Crippen LogP contribution < -0.4 is 10.1 Å². The number of Topliss-reactive ketones (excluding diaryl/α,β-unsaturated/α-hetero) is 1. The van der Waals surface area contributed by atoms with Crippen LogP contribution in [0.2, 0.25) is 0 Å². The second-order valence-corrected chi connectivity index (χ2v) is 4.60. The number of para-hydroxylation sites is 2. The third kappa shape index (κ3) is 4.32. The Morgan fingerprint density at radius 1 is 0.957 bits per heavy atom. The van der Waals surface area contributed by atoms with Crippen molar-refractivity contribution in [3.63, 3.8) is 0 Å². The van der Waals surface area contributed by atoms with Gasteiger partial charge < -0.3 is 10.1 Å². The zero-order valence-electron chi connectivity index (χ0n) is 12.0. The lowest BCUT2D eigenvalue weighted by atomic mass is 10.0. The van der Waals surface area contributed by atoms with Crippen LogP contribution in [0.3, 0.4) is 0 Å². The predicted octanol–water partition coefficient (Wildman–Crippen LogP) is 4.04. The van der Waals surface area contributed by atoms with Gasteiger partial charge in [-0.25, -0.2) is 0 Å². The number of benzene rings is 2. The Bertz CT molecular complexity index is 741. The Balaban J connectivity index is 2.30. The Morgan fingerprint density at radius 3 is 2.13 bits per heavy atom. The van der Waals surface area contributed by atoms with E-state index in [1.54, 1.807) is 12.1 Å². The van der Waals surface area contributed by atoms with E-state index in [0.29, 0.717) is 0 Å². The monoisotopic (exact) mass is 323 g/mol. The number of nitrogens with one attached hydrogen (secondary N) is 1. The Kier molecular flexibility index (Phi) is 4.68. The molecule has 2 aromatic rings. The number of halogens is 3. The van der Waals surface area contributed by atoms with Crippen LogP contribution in [0.1, 0.15) is 27.6 Å². The van der Waals surface area contributed by atoms with Crippen molar-refractivity contribution in [1.82, 2.24) is 0 Å². The summed E-state index contributed by atoms with van der Waals surface area (Å²) >= 11 is 0. The number of carbonyl (C=O) groups excluding carboxylic acids is 2. The second-order valence-electron chi connectivity index (χ2n) is 4.60. The predicted molar refractivity (Wildman–Crippen MR) is 77.5 cm³/mol.